The van der Waals surface area contributed by atoms with Crippen molar-refractivity contribution in [3.8, 4) is 0 Å². The summed E-state index contributed by atoms with van der Waals surface area (Å²) in [6.45, 7) is 3.39. The highest BCUT2D eigenvalue weighted by Gasteiger charge is 2.59. The summed E-state index contributed by atoms with van der Waals surface area (Å²) in [6, 6.07) is 3.94. The SMILES string of the molecule is [CH2]CCC(=O)Nc1ccccc1C(F)(F)C(F)(F)F. The number of nitrogens with one attached hydrogen (secondary N) is 1. The van der Waals surface area contributed by atoms with Gasteiger partial charge in [-0.15, -0.1) is 0 Å². The summed E-state index contributed by atoms with van der Waals surface area (Å²) in [4.78, 5) is 11.3. The fraction of sp³-hybridized carbons (Fsp3) is 0.333. The van der Waals surface area contributed by atoms with E-state index in [1.807, 2.05) is 5.32 Å². The summed E-state index contributed by atoms with van der Waals surface area (Å²) < 4.78 is 63.5. The lowest BCUT2D eigenvalue weighted by Gasteiger charge is -2.22. The van der Waals surface area contributed by atoms with E-state index in [9.17, 15) is 26.7 Å². The van der Waals surface area contributed by atoms with Crippen LogP contribution in [0.4, 0.5) is 27.6 Å². The van der Waals surface area contributed by atoms with E-state index in [1.54, 1.807) is 0 Å². The first kappa shape index (κ1) is 15.4. The van der Waals surface area contributed by atoms with Crippen LogP contribution in [-0.2, 0) is 10.7 Å². The van der Waals surface area contributed by atoms with E-state index in [2.05, 4.69) is 6.92 Å². The Kier molecular flexibility index (Phi) is 4.49. The molecule has 105 valence electrons. The van der Waals surface area contributed by atoms with Gasteiger partial charge in [-0.25, -0.2) is 0 Å². The Balaban J connectivity index is 3.13. The van der Waals surface area contributed by atoms with E-state index < -0.39 is 29.3 Å². The minimum atomic E-state index is -5.72. The maximum absolute atomic E-state index is 13.3. The van der Waals surface area contributed by atoms with Crippen LogP contribution in [-0.4, -0.2) is 12.1 Å². The third-order valence-electron chi connectivity index (χ3n) is 2.30. The van der Waals surface area contributed by atoms with Crippen LogP contribution in [0.15, 0.2) is 24.3 Å². The molecule has 0 aliphatic heterocycles. The van der Waals surface area contributed by atoms with Crippen LogP contribution >= 0.6 is 0 Å². The van der Waals surface area contributed by atoms with Gasteiger partial charge in [-0.05, 0) is 12.5 Å². The van der Waals surface area contributed by atoms with Crippen LogP contribution in [0.2, 0.25) is 0 Å². The molecule has 0 atom stereocenters. The zero-order valence-electron chi connectivity index (χ0n) is 9.73. The molecular weight excluding hydrogens is 269 g/mol. The molecule has 0 aliphatic carbocycles. The van der Waals surface area contributed by atoms with Crippen molar-refractivity contribution in [3.05, 3.63) is 36.8 Å². The average Bonchev–Trinajstić information content (AvgIpc) is 2.28. The molecule has 19 heavy (non-hydrogen) atoms. The van der Waals surface area contributed by atoms with Crippen LogP contribution in [0, 0.1) is 6.92 Å². The number of rotatable bonds is 4. The highest BCUT2D eigenvalue weighted by atomic mass is 19.4. The molecule has 0 aromatic heterocycles. The summed E-state index contributed by atoms with van der Waals surface area (Å²) in [5.74, 6) is -5.69. The Hall–Kier alpha value is -1.66. The molecular formula is C12H11F5NO. The first-order valence-electron chi connectivity index (χ1n) is 5.33. The van der Waals surface area contributed by atoms with Gasteiger partial charge < -0.3 is 5.32 Å². The van der Waals surface area contributed by atoms with E-state index >= 15 is 0 Å². The van der Waals surface area contributed by atoms with Gasteiger partial charge in [0.2, 0.25) is 5.91 Å². The minimum absolute atomic E-state index is 0.0636. The molecule has 7 heteroatoms. The molecule has 1 aromatic rings. The zero-order valence-corrected chi connectivity index (χ0v) is 9.73. The molecule has 0 saturated heterocycles. The number of alkyl halides is 5. The van der Waals surface area contributed by atoms with Crippen molar-refractivity contribution in [2.24, 2.45) is 0 Å². The Labute approximate surface area is 106 Å². The predicted octanol–water partition coefficient (Wildman–Crippen LogP) is 3.89. The van der Waals surface area contributed by atoms with Crippen LogP contribution in [0.25, 0.3) is 0 Å². The molecule has 1 amide bonds. The largest absolute Gasteiger partial charge is 0.458 e. The topological polar surface area (TPSA) is 29.1 Å². The molecule has 1 aromatic carbocycles. The first-order valence-corrected chi connectivity index (χ1v) is 5.33. The number of hydrogen-bond donors (Lipinski definition) is 1. The second kappa shape index (κ2) is 5.54. The number of anilines is 1. The van der Waals surface area contributed by atoms with E-state index in [0.29, 0.717) is 6.07 Å². The Morgan fingerprint density at radius 1 is 1.16 bits per heavy atom. The molecule has 0 heterocycles. The van der Waals surface area contributed by atoms with Crippen LogP contribution in [0.5, 0.6) is 0 Å². The zero-order chi connectivity index (χ0) is 14.7. The number of carbonyl (C=O) groups is 1. The maximum atomic E-state index is 13.3. The number of amides is 1. The third kappa shape index (κ3) is 3.42. The monoisotopic (exact) mass is 280 g/mol. The van der Waals surface area contributed by atoms with Crippen molar-refractivity contribution in [1.82, 2.24) is 0 Å². The van der Waals surface area contributed by atoms with Crippen LogP contribution in [0.3, 0.4) is 0 Å². The van der Waals surface area contributed by atoms with Crippen molar-refractivity contribution in [3.63, 3.8) is 0 Å². The minimum Gasteiger partial charge on any atom is -0.326 e. The summed E-state index contributed by atoms with van der Waals surface area (Å²) in [7, 11) is 0. The number of para-hydroxylation sites is 1. The molecule has 0 fully saturated rings. The molecule has 0 saturated carbocycles. The van der Waals surface area contributed by atoms with Gasteiger partial charge in [0, 0.05) is 6.42 Å². The standard InChI is InChI=1S/C12H11F5NO/c1-2-5-10(19)18-9-7-4-3-6-8(9)11(13,14)12(15,16)17/h3-4,6-7H,1-2,5H2,(H,18,19). The van der Waals surface area contributed by atoms with Gasteiger partial charge in [-0.2, -0.15) is 22.0 Å². The van der Waals surface area contributed by atoms with Crippen molar-refractivity contribution >= 4 is 11.6 Å². The Morgan fingerprint density at radius 3 is 2.26 bits per heavy atom. The van der Waals surface area contributed by atoms with Crippen molar-refractivity contribution < 1.29 is 26.7 Å². The number of halogens is 5. The Bertz CT molecular complexity index is 456. The van der Waals surface area contributed by atoms with E-state index in [4.69, 9.17) is 0 Å². The van der Waals surface area contributed by atoms with Crippen molar-refractivity contribution in [1.29, 1.82) is 0 Å². The summed E-state index contributed by atoms with van der Waals surface area (Å²) in [6.07, 6.45) is -5.57. The third-order valence-corrected chi connectivity index (χ3v) is 2.30. The highest BCUT2D eigenvalue weighted by molar-refractivity contribution is 5.91. The molecule has 0 aliphatic rings. The van der Waals surface area contributed by atoms with Gasteiger partial charge in [0.25, 0.3) is 0 Å². The van der Waals surface area contributed by atoms with E-state index in [0.717, 1.165) is 12.1 Å². The van der Waals surface area contributed by atoms with Gasteiger partial charge in [0.15, 0.2) is 0 Å². The summed E-state index contributed by atoms with van der Waals surface area (Å²) in [5.41, 5.74) is -1.83. The first-order chi connectivity index (χ1) is 8.70. The summed E-state index contributed by atoms with van der Waals surface area (Å²) >= 11 is 0. The van der Waals surface area contributed by atoms with E-state index in [-0.39, 0.29) is 12.8 Å². The molecule has 1 radical (unpaired) electrons. The fourth-order valence-electron chi connectivity index (χ4n) is 1.39. The molecule has 2 nitrogen and oxygen atoms in total. The molecule has 0 unspecified atom stereocenters. The maximum Gasteiger partial charge on any atom is 0.458 e. The van der Waals surface area contributed by atoms with Crippen LogP contribution < -0.4 is 5.32 Å². The highest BCUT2D eigenvalue weighted by Crippen LogP contribution is 2.46. The average molecular weight is 280 g/mol. The van der Waals surface area contributed by atoms with Gasteiger partial charge in [0.1, 0.15) is 0 Å². The molecule has 0 bridgehead atoms. The van der Waals surface area contributed by atoms with Crippen LogP contribution in [0.1, 0.15) is 18.4 Å². The van der Waals surface area contributed by atoms with Crippen molar-refractivity contribution in [2.75, 3.05) is 5.32 Å². The second-order valence-corrected chi connectivity index (χ2v) is 3.77. The van der Waals surface area contributed by atoms with Gasteiger partial charge in [-0.1, -0.05) is 25.1 Å². The normalized spacial score (nSPS) is 12.3. The summed E-state index contributed by atoms with van der Waals surface area (Å²) in [5, 5.41) is 2.03. The number of carbonyl (C=O) groups excluding carboxylic acids is 1. The number of benzene rings is 1. The Morgan fingerprint density at radius 2 is 1.74 bits per heavy atom. The van der Waals surface area contributed by atoms with Crippen molar-refractivity contribution in [2.45, 2.75) is 24.9 Å². The predicted molar refractivity (Wildman–Crippen MR) is 59.6 cm³/mol. The molecule has 0 spiro atoms. The van der Waals surface area contributed by atoms with E-state index in [1.165, 1.54) is 6.07 Å². The van der Waals surface area contributed by atoms with Gasteiger partial charge in [-0.3, -0.25) is 4.79 Å². The smallest absolute Gasteiger partial charge is 0.326 e. The fourth-order valence-corrected chi connectivity index (χ4v) is 1.39. The molecule has 1 N–H and O–H groups in total. The quantitative estimate of drug-likeness (QED) is 0.833. The molecule has 1 rings (SSSR count). The van der Waals surface area contributed by atoms with Gasteiger partial charge >= 0.3 is 12.1 Å². The lowest BCUT2D eigenvalue weighted by Crippen LogP contribution is -2.34. The number of hydrogen-bond acceptors (Lipinski definition) is 1. The lowest BCUT2D eigenvalue weighted by molar-refractivity contribution is -0.289. The second-order valence-electron chi connectivity index (χ2n) is 3.77. The lowest BCUT2D eigenvalue weighted by atomic mass is 10.1. The van der Waals surface area contributed by atoms with Gasteiger partial charge in [0.05, 0.1) is 11.3 Å².